The Labute approximate surface area is 68.4 Å². The summed E-state index contributed by atoms with van der Waals surface area (Å²) in [5.41, 5.74) is 0. The molecule has 0 radical (unpaired) electrons. The lowest BCUT2D eigenvalue weighted by atomic mass is 10.9. The third-order valence-corrected chi connectivity index (χ3v) is 0.516. The average molecular weight is 231 g/mol. The molecular formula is C5H14INO. The maximum atomic E-state index is 5.17. The highest BCUT2D eigenvalue weighted by Gasteiger charge is 2.03. The first-order chi connectivity index (χ1) is 3.06. The van der Waals surface area contributed by atoms with Crippen LogP contribution in [0.15, 0.2) is 0 Å². The van der Waals surface area contributed by atoms with Crippen LogP contribution in [0.3, 0.4) is 0 Å². The lowest BCUT2D eigenvalue weighted by Crippen LogP contribution is -3.00. The van der Waals surface area contributed by atoms with Crippen LogP contribution in [-0.2, 0) is 4.84 Å². The van der Waals surface area contributed by atoms with Crippen molar-refractivity contribution in [2.45, 2.75) is 6.92 Å². The molecule has 0 amide bonds. The Balaban J connectivity index is 0. The van der Waals surface area contributed by atoms with Crippen molar-refractivity contribution in [3.63, 3.8) is 0 Å². The van der Waals surface area contributed by atoms with E-state index >= 15 is 0 Å². The molecule has 0 unspecified atom stereocenters. The minimum Gasteiger partial charge on any atom is -1.00 e. The SMILES string of the molecule is CCO[N+](C)(C)C.[I-]. The standard InChI is InChI=1S/C5H14NO.HI/c1-5-7-6(2,3)4;/h5H2,1-4H3;1H/q+1;/p-1. The largest absolute Gasteiger partial charge is 1.00 e. The van der Waals surface area contributed by atoms with Crippen molar-refractivity contribution < 1.29 is 33.5 Å². The summed E-state index contributed by atoms with van der Waals surface area (Å²) in [4.78, 5) is 5.17. The van der Waals surface area contributed by atoms with Crippen molar-refractivity contribution in [2.24, 2.45) is 0 Å². The van der Waals surface area contributed by atoms with Gasteiger partial charge in [-0.05, 0) is 6.92 Å². The van der Waals surface area contributed by atoms with Crippen LogP contribution in [0.4, 0.5) is 0 Å². The number of quaternary nitrogens is 1. The molecule has 0 saturated heterocycles. The van der Waals surface area contributed by atoms with Crippen LogP contribution in [-0.4, -0.2) is 32.4 Å². The highest BCUT2D eigenvalue weighted by Crippen LogP contribution is 1.88. The Hall–Kier alpha value is 0.650. The van der Waals surface area contributed by atoms with Gasteiger partial charge in [0.1, 0.15) is 6.61 Å². The van der Waals surface area contributed by atoms with Crippen LogP contribution in [0, 0.1) is 0 Å². The van der Waals surface area contributed by atoms with E-state index in [0.29, 0.717) is 4.65 Å². The lowest BCUT2D eigenvalue weighted by Gasteiger charge is -2.19. The molecule has 0 spiro atoms. The monoisotopic (exact) mass is 231 g/mol. The molecule has 0 aromatic heterocycles. The average Bonchev–Trinajstić information content (AvgIpc) is 1.30. The molecule has 0 aliphatic carbocycles. The highest BCUT2D eigenvalue weighted by molar-refractivity contribution is 3.95. The Morgan fingerprint density at radius 3 is 1.62 bits per heavy atom. The van der Waals surface area contributed by atoms with Gasteiger partial charge >= 0.3 is 0 Å². The van der Waals surface area contributed by atoms with Crippen molar-refractivity contribution >= 4 is 0 Å². The van der Waals surface area contributed by atoms with E-state index in [0.717, 1.165) is 6.61 Å². The molecule has 0 saturated carbocycles. The van der Waals surface area contributed by atoms with Crippen LogP contribution < -0.4 is 24.0 Å². The second kappa shape index (κ2) is 4.52. The minimum absolute atomic E-state index is 0. The summed E-state index contributed by atoms with van der Waals surface area (Å²) < 4.78 is 0.594. The van der Waals surface area contributed by atoms with Crippen LogP contribution >= 0.6 is 0 Å². The summed E-state index contributed by atoms with van der Waals surface area (Å²) in [7, 11) is 5.97. The lowest BCUT2D eigenvalue weighted by molar-refractivity contribution is -1.06. The third-order valence-electron chi connectivity index (χ3n) is 0.516. The summed E-state index contributed by atoms with van der Waals surface area (Å²) >= 11 is 0. The summed E-state index contributed by atoms with van der Waals surface area (Å²) in [6.45, 7) is 2.77. The van der Waals surface area contributed by atoms with Gasteiger partial charge in [0.2, 0.25) is 0 Å². The van der Waals surface area contributed by atoms with Gasteiger partial charge in [0.05, 0.1) is 21.1 Å². The molecule has 0 aliphatic rings. The van der Waals surface area contributed by atoms with Gasteiger partial charge in [-0.3, -0.25) is 0 Å². The minimum atomic E-state index is 0. The normalized spacial score (nSPS) is 10.5. The Morgan fingerprint density at radius 1 is 1.25 bits per heavy atom. The van der Waals surface area contributed by atoms with Crippen LogP contribution in [0.1, 0.15) is 6.92 Å². The molecule has 2 nitrogen and oxygen atoms in total. The van der Waals surface area contributed by atoms with Gasteiger partial charge in [-0.15, -0.1) is 0 Å². The van der Waals surface area contributed by atoms with Gasteiger partial charge in [-0.2, -0.15) is 4.65 Å². The number of hydroxylamine groups is 3. The van der Waals surface area contributed by atoms with E-state index in [1.54, 1.807) is 0 Å². The first-order valence-electron chi connectivity index (χ1n) is 2.52. The second-order valence-electron chi connectivity index (χ2n) is 2.31. The zero-order valence-electron chi connectivity index (χ0n) is 5.94. The molecule has 3 heteroatoms. The molecule has 0 rings (SSSR count). The molecule has 0 bridgehead atoms. The van der Waals surface area contributed by atoms with Crippen molar-refractivity contribution in [1.82, 2.24) is 0 Å². The van der Waals surface area contributed by atoms with Gasteiger partial charge in [0.15, 0.2) is 0 Å². The fraction of sp³-hybridized carbons (Fsp3) is 1.00. The fourth-order valence-electron chi connectivity index (χ4n) is 0.387. The van der Waals surface area contributed by atoms with E-state index in [1.807, 2.05) is 28.1 Å². The van der Waals surface area contributed by atoms with Crippen LogP contribution in [0.2, 0.25) is 0 Å². The Morgan fingerprint density at radius 2 is 1.62 bits per heavy atom. The number of halogens is 1. The number of hydrogen-bond donors (Lipinski definition) is 0. The summed E-state index contributed by atoms with van der Waals surface area (Å²) in [6.07, 6.45) is 0. The van der Waals surface area contributed by atoms with Gasteiger partial charge in [0.25, 0.3) is 0 Å². The molecule has 0 aliphatic heterocycles. The van der Waals surface area contributed by atoms with E-state index in [-0.39, 0.29) is 24.0 Å². The molecule has 8 heavy (non-hydrogen) atoms. The van der Waals surface area contributed by atoms with Gasteiger partial charge < -0.3 is 24.0 Å². The molecular weight excluding hydrogens is 217 g/mol. The van der Waals surface area contributed by atoms with Gasteiger partial charge in [0, 0.05) is 0 Å². The summed E-state index contributed by atoms with van der Waals surface area (Å²) in [5, 5.41) is 0. The van der Waals surface area contributed by atoms with Gasteiger partial charge in [-0.1, -0.05) is 0 Å². The molecule has 0 fully saturated rings. The number of rotatable bonds is 2. The topological polar surface area (TPSA) is 9.23 Å². The summed E-state index contributed by atoms with van der Waals surface area (Å²) in [6, 6.07) is 0. The Kier molecular flexibility index (Phi) is 6.47. The molecule has 0 aromatic rings. The van der Waals surface area contributed by atoms with E-state index < -0.39 is 0 Å². The van der Waals surface area contributed by atoms with E-state index in [1.165, 1.54) is 0 Å². The van der Waals surface area contributed by atoms with Crippen molar-refractivity contribution in [1.29, 1.82) is 0 Å². The van der Waals surface area contributed by atoms with E-state index in [4.69, 9.17) is 4.84 Å². The van der Waals surface area contributed by atoms with Crippen molar-refractivity contribution in [3.05, 3.63) is 0 Å². The molecule has 0 N–H and O–H groups in total. The number of hydrogen-bond acceptors (Lipinski definition) is 1. The zero-order chi connectivity index (χ0) is 5.91. The fourth-order valence-corrected chi connectivity index (χ4v) is 0.387. The molecule has 52 valence electrons. The number of nitrogens with zero attached hydrogens (tertiary/aromatic N) is 1. The molecule has 0 heterocycles. The van der Waals surface area contributed by atoms with E-state index in [9.17, 15) is 0 Å². The smallest absolute Gasteiger partial charge is 0.103 e. The quantitative estimate of drug-likeness (QED) is 0.294. The summed E-state index contributed by atoms with van der Waals surface area (Å²) in [5.74, 6) is 0. The first kappa shape index (κ1) is 11.4. The van der Waals surface area contributed by atoms with Gasteiger partial charge in [-0.25, -0.2) is 4.84 Å². The maximum Gasteiger partial charge on any atom is 0.103 e. The predicted octanol–water partition coefficient (Wildman–Crippen LogP) is -2.35. The molecule has 0 atom stereocenters. The second-order valence-corrected chi connectivity index (χ2v) is 2.31. The highest BCUT2D eigenvalue weighted by atomic mass is 127. The first-order valence-corrected chi connectivity index (χ1v) is 2.52. The van der Waals surface area contributed by atoms with Crippen LogP contribution in [0.5, 0.6) is 0 Å². The third kappa shape index (κ3) is 9.82. The maximum absolute atomic E-state index is 5.17. The van der Waals surface area contributed by atoms with Crippen molar-refractivity contribution in [3.8, 4) is 0 Å². The molecule has 0 aromatic carbocycles. The van der Waals surface area contributed by atoms with Crippen molar-refractivity contribution in [2.75, 3.05) is 27.7 Å². The zero-order valence-corrected chi connectivity index (χ0v) is 8.10. The van der Waals surface area contributed by atoms with E-state index in [2.05, 4.69) is 0 Å². The Bertz CT molecular complexity index is 50.9. The predicted molar refractivity (Wildman–Crippen MR) is 29.7 cm³/mol. The van der Waals surface area contributed by atoms with Crippen LogP contribution in [0.25, 0.3) is 0 Å².